The summed E-state index contributed by atoms with van der Waals surface area (Å²) in [4.78, 5) is 28.9. The second-order valence-corrected chi connectivity index (χ2v) is 9.14. The van der Waals surface area contributed by atoms with Crippen molar-refractivity contribution in [2.24, 2.45) is 5.10 Å². The van der Waals surface area contributed by atoms with Gasteiger partial charge in [-0.05, 0) is 61.2 Å². The summed E-state index contributed by atoms with van der Waals surface area (Å²) in [6.45, 7) is 8.45. The van der Waals surface area contributed by atoms with Crippen LogP contribution in [-0.4, -0.2) is 32.5 Å². The molecule has 190 valence electrons. The van der Waals surface area contributed by atoms with Crippen LogP contribution in [0.25, 0.3) is 22.3 Å². The summed E-state index contributed by atoms with van der Waals surface area (Å²) in [6, 6.07) is 13.3. The molecule has 0 spiro atoms. The number of hydrogen-bond donors (Lipinski definition) is 1. The lowest BCUT2D eigenvalue weighted by Crippen LogP contribution is -2.21. The van der Waals surface area contributed by atoms with Gasteiger partial charge in [-0.25, -0.2) is 4.98 Å². The van der Waals surface area contributed by atoms with Gasteiger partial charge in [0.2, 0.25) is 5.75 Å². The summed E-state index contributed by atoms with van der Waals surface area (Å²) in [5.74, 6) is 0.578. The van der Waals surface area contributed by atoms with Gasteiger partial charge in [0.05, 0.1) is 33.7 Å². The fourth-order valence-corrected chi connectivity index (χ4v) is 4.24. The molecule has 0 bridgehead atoms. The van der Waals surface area contributed by atoms with Crippen LogP contribution in [0.4, 0.5) is 5.69 Å². The molecule has 4 aromatic rings. The Kier molecular flexibility index (Phi) is 7.26. The SMILES string of the molecule is CCOc1cc(C)c(-c2nc3ccccc3c(=O)n2N=Cc2cc(Cl)c(O)c([N+](=O)[O-])c2)cc1C(C)C. The first-order chi connectivity index (χ1) is 17.6. The molecule has 0 saturated carbocycles. The normalized spacial score (nSPS) is 11.5. The number of aryl methyl sites for hydroxylation is 1. The van der Waals surface area contributed by atoms with Crippen LogP contribution < -0.4 is 10.3 Å². The molecule has 0 radical (unpaired) electrons. The maximum absolute atomic E-state index is 13.5. The molecule has 0 aliphatic heterocycles. The number of fused-ring (bicyclic) bond motifs is 1. The van der Waals surface area contributed by atoms with Crippen LogP contribution in [-0.2, 0) is 0 Å². The Bertz CT molecular complexity index is 1610. The zero-order valence-electron chi connectivity index (χ0n) is 20.7. The molecular formula is C27H25ClN4O5. The third kappa shape index (κ3) is 5.03. The van der Waals surface area contributed by atoms with Gasteiger partial charge in [0.25, 0.3) is 5.56 Å². The highest BCUT2D eigenvalue weighted by Gasteiger charge is 2.20. The predicted octanol–water partition coefficient (Wildman–Crippen LogP) is 6.04. The number of phenols is 1. The van der Waals surface area contributed by atoms with Crippen LogP contribution >= 0.6 is 11.6 Å². The third-order valence-electron chi connectivity index (χ3n) is 5.86. The van der Waals surface area contributed by atoms with E-state index < -0.39 is 21.9 Å². The van der Waals surface area contributed by atoms with Crippen molar-refractivity contribution in [3.63, 3.8) is 0 Å². The van der Waals surface area contributed by atoms with Crippen molar-refractivity contribution in [3.05, 3.63) is 90.7 Å². The first kappa shape index (κ1) is 25.8. The lowest BCUT2D eigenvalue weighted by Gasteiger charge is -2.18. The summed E-state index contributed by atoms with van der Waals surface area (Å²) in [5, 5.41) is 25.7. The Labute approximate surface area is 217 Å². The molecule has 1 aromatic heterocycles. The molecule has 37 heavy (non-hydrogen) atoms. The molecule has 4 rings (SSSR count). The average Bonchev–Trinajstić information content (AvgIpc) is 2.85. The number of benzene rings is 3. The third-order valence-corrected chi connectivity index (χ3v) is 6.15. The van der Waals surface area contributed by atoms with Crippen molar-refractivity contribution >= 4 is 34.4 Å². The van der Waals surface area contributed by atoms with Gasteiger partial charge in [0, 0.05) is 17.2 Å². The Morgan fingerprint density at radius 1 is 1.24 bits per heavy atom. The minimum atomic E-state index is -0.746. The Balaban J connectivity index is 1.98. The predicted molar refractivity (Wildman–Crippen MR) is 144 cm³/mol. The number of para-hydroxylation sites is 1. The lowest BCUT2D eigenvalue weighted by molar-refractivity contribution is -0.385. The number of hydrogen-bond acceptors (Lipinski definition) is 7. The fraction of sp³-hybridized carbons (Fsp3) is 0.222. The number of aromatic nitrogens is 2. The fourth-order valence-electron chi connectivity index (χ4n) is 4.02. The highest BCUT2D eigenvalue weighted by Crippen LogP contribution is 2.35. The molecule has 1 heterocycles. The molecule has 1 N–H and O–H groups in total. The quantitative estimate of drug-likeness (QED) is 0.180. The maximum Gasteiger partial charge on any atom is 0.312 e. The largest absolute Gasteiger partial charge is 0.501 e. The number of phenolic OH excluding ortho intramolecular Hbond substituents is 1. The van der Waals surface area contributed by atoms with Crippen LogP contribution in [0.3, 0.4) is 0 Å². The van der Waals surface area contributed by atoms with E-state index in [0.29, 0.717) is 28.9 Å². The van der Waals surface area contributed by atoms with Crippen LogP contribution in [0.2, 0.25) is 5.02 Å². The van der Waals surface area contributed by atoms with E-state index in [-0.39, 0.29) is 16.5 Å². The number of nitro benzene ring substituents is 1. The van der Waals surface area contributed by atoms with E-state index in [1.807, 2.05) is 26.0 Å². The average molecular weight is 521 g/mol. The van der Waals surface area contributed by atoms with E-state index in [4.69, 9.17) is 21.3 Å². The molecule has 0 amide bonds. The summed E-state index contributed by atoms with van der Waals surface area (Å²) in [6.07, 6.45) is 1.27. The lowest BCUT2D eigenvalue weighted by atomic mass is 9.96. The van der Waals surface area contributed by atoms with Crippen LogP contribution in [0, 0.1) is 17.0 Å². The maximum atomic E-state index is 13.5. The Morgan fingerprint density at radius 2 is 1.97 bits per heavy atom. The molecule has 3 aromatic carbocycles. The summed E-state index contributed by atoms with van der Waals surface area (Å²) < 4.78 is 7.01. The van der Waals surface area contributed by atoms with Crippen molar-refractivity contribution < 1.29 is 14.8 Å². The summed E-state index contributed by atoms with van der Waals surface area (Å²) in [7, 11) is 0. The minimum absolute atomic E-state index is 0.143. The Hall–Kier alpha value is -4.24. The van der Waals surface area contributed by atoms with E-state index >= 15 is 0 Å². The van der Waals surface area contributed by atoms with E-state index in [2.05, 4.69) is 18.9 Å². The van der Waals surface area contributed by atoms with Crippen LogP contribution in [0.15, 0.2) is 58.4 Å². The zero-order valence-corrected chi connectivity index (χ0v) is 21.5. The number of nitrogens with zero attached hydrogens (tertiary/aromatic N) is 4. The topological polar surface area (TPSA) is 120 Å². The Morgan fingerprint density at radius 3 is 2.65 bits per heavy atom. The van der Waals surface area contributed by atoms with E-state index in [1.54, 1.807) is 24.3 Å². The highest BCUT2D eigenvalue weighted by molar-refractivity contribution is 6.32. The molecule has 0 atom stereocenters. The molecule has 9 nitrogen and oxygen atoms in total. The number of nitro groups is 1. The van der Waals surface area contributed by atoms with Crippen molar-refractivity contribution in [1.29, 1.82) is 0 Å². The van der Waals surface area contributed by atoms with Gasteiger partial charge in [-0.2, -0.15) is 9.78 Å². The standard InChI is InChI=1S/C27H25ClN4O5/c1-5-37-24-10-16(4)20(13-19(24)15(2)3)26-30-22-9-7-6-8-18(22)27(34)31(26)29-14-17-11-21(28)25(33)23(12-17)32(35)36/h6-15,33H,5H2,1-4H3. The van der Waals surface area contributed by atoms with Crippen molar-refractivity contribution in [2.45, 2.75) is 33.6 Å². The summed E-state index contributed by atoms with van der Waals surface area (Å²) >= 11 is 5.98. The van der Waals surface area contributed by atoms with Crippen LogP contribution in [0.5, 0.6) is 11.5 Å². The van der Waals surface area contributed by atoms with Gasteiger partial charge in [0.1, 0.15) is 5.75 Å². The van der Waals surface area contributed by atoms with Gasteiger partial charge >= 0.3 is 5.69 Å². The first-order valence-corrected chi connectivity index (χ1v) is 12.0. The van der Waals surface area contributed by atoms with Crippen molar-refractivity contribution in [3.8, 4) is 22.9 Å². The number of halogens is 1. The van der Waals surface area contributed by atoms with Gasteiger partial charge < -0.3 is 9.84 Å². The van der Waals surface area contributed by atoms with Gasteiger partial charge in [-0.1, -0.05) is 37.6 Å². The van der Waals surface area contributed by atoms with Crippen LogP contribution in [0.1, 0.15) is 43.4 Å². The molecule has 0 aliphatic carbocycles. The zero-order chi connectivity index (χ0) is 26.9. The smallest absolute Gasteiger partial charge is 0.312 e. The second kappa shape index (κ2) is 10.4. The molecule has 0 fully saturated rings. The van der Waals surface area contributed by atoms with E-state index in [0.717, 1.165) is 22.9 Å². The van der Waals surface area contributed by atoms with E-state index in [9.17, 15) is 20.0 Å². The van der Waals surface area contributed by atoms with Gasteiger partial charge in [0.15, 0.2) is 5.82 Å². The highest BCUT2D eigenvalue weighted by atomic mass is 35.5. The minimum Gasteiger partial charge on any atom is -0.501 e. The van der Waals surface area contributed by atoms with E-state index in [1.165, 1.54) is 17.0 Å². The molecule has 0 aliphatic rings. The summed E-state index contributed by atoms with van der Waals surface area (Å²) in [5.41, 5.74) is 2.26. The number of ether oxygens (including phenoxy) is 1. The first-order valence-electron chi connectivity index (χ1n) is 11.6. The molecule has 0 saturated heterocycles. The van der Waals surface area contributed by atoms with Crippen molar-refractivity contribution in [1.82, 2.24) is 9.66 Å². The van der Waals surface area contributed by atoms with Crippen molar-refractivity contribution in [2.75, 3.05) is 6.61 Å². The second-order valence-electron chi connectivity index (χ2n) is 8.73. The monoisotopic (exact) mass is 520 g/mol. The van der Waals surface area contributed by atoms with Gasteiger partial charge in [-0.3, -0.25) is 14.9 Å². The number of aromatic hydroxyl groups is 1. The molecule has 10 heteroatoms. The molecule has 0 unspecified atom stereocenters. The molecular weight excluding hydrogens is 496 g/mol. The number of rotatable bonds is 7. The van der Waals surface area contributed by atoms with Gasteiger partial charge in [-0.15, -0.1) is 0 Å².